The molecule has 3 aromatic rings. The fourth-order valence-electron chi connectivity index (χ4n) is 3.74. The van der Waals surface area contributed by atoms with E-state index >= 15 is 0 Å². The number of nitrogens with one attached hydrogen (secondary N) is 3. The van der Waals surface area contributed by atoms with Crippen molar-refractivity contribution in [2.45, 2.75) is 59.3 Å². The average molecular weight is 509 g/mol. The number of nitrogens with two attached hydrogens (primary N) is 1. The minimum Gasteiger partial charge on any atom is -0.365 e. The van der Waals surface area contributed by atoms with E-state index in [1.807, 2.05) is 51.1 Å². The van der Waals surface area contributed by atoms with Crippen LogP contribution in [0, 0.1) is 13.8 Å². The average Bonchev–Trinajstić information content (AvgIpc) is 3.20. The Morgan fingerprint density at radius 2 is 1.78 bits per heavy atom. The highest BCUT2D eigenvalue weighted by molar-refractivity contribution is 5.77. The molecule has 0 spiro atoms. The molecule has 0 radical (unpaired) electrons. The van der Waals surface area contributed by atoms with Gasteiger partial charge in [0.1, 0.15) is 13.1 Å². The minimum atomic E-state index is -0.522. The molecule has 0 unspecified atom stereocenters. The summed E-state index contributed by atoms with van der Waals surface area (Å²) < 4.78 is 3.08. The zero-order valence-electron chi connectivity index (χ0n) is 21.9. The predicted octanol–water partition coefficient (Wildman–Crippen LogP) is 0.881. The summed E-state index contributed by atoms with van der Waals surface area (Å²) in [7, 11) is 0. The number of carbonyl (C=O) groups is 2. The summed E-state index contributed by atoms with van der Waals surface area (Å²) in [5.41, 5.74) is 7.95. The summed E-state index contributed by atoms with van der Waals surface area (Å²) in [5, 5.41) is 8.79. The molecule has 0 fully saturated rings. The number of carbonyl (C=O) groups excluding carboxylic acids is 2. The molecule has 0 aliphatic heterocycles. The maximum atomic E-state index is 13.0. The highest BCUT2D eigenvalue weighted by Gasteiger charge is 2.20. The summed E-state index contributed by atoms with van der Waals surface area (Å²) in [6, 6.07) is 9.94. The molecule has 0 bridgehead atoms. The highest BCUT2D eigenvalue weighted by atomic mass is 16.2. The molecule has 2 aromatic heterocycles. The SMILES string of the molecule is Cc1ncn(CC(=O)NC(C)(C)CN)c1CNC(=O)Cn1c(C)cnc(NCCc2ccccc2)c1=O. The first-order chi connectivity index (χ1) is 17.6. The Morgan fingerprint density at radius 1 is 1.05 bits per heavy atom. The van der Waals surface area contributed by atoms with Gasteiger partial charge in [-0.2, -0.15) is 0 Å². The van der Waals surface area contributed by atoms with Crippen LogP contribution in [-0.4, -0.2) is 49.5 Å². The number of aromatic nitrogens is 4. The molecule has 5 N–H and O–H groups in total. The fraction of sp³-hybridized carbons (Fsp3) is 0.423. The molecule has 0 saturated heterocycles. The van der Waals surface area contributed by atoms with Crippen LogP contribution in [0.1, 0.15) is 36.5 Å². The maximum absolute atomic E-state index is 13.0. The summed E-state index contributed by atoms with van der Waals surface area (Å²) >= 11 is 0. The fourth-order valence-corrected chi connectivity index (χ4v) is 3.74. The third-order valence-electron chi connectivity index (χ3n) is 6.01. The Balaban J connectivity index is 1.60. The van der Waals surface area contributed by atoms with Crippen molar-refractivity contribution >= 4 is 17.6 Å². The van der Waals surface area contributed by atoms with Crippen LogP contribution < -0.4 is 27.2 Å². The molecule has 1 aromatic carbocycles. The maximum Gasteiger partial charge on any atom is 0.293 e. The van der Waals surface area contributed by atoms with E-state index in [1.54, 1.807) is 24.0 Å². The number of anilines is 1. The summed E-state index contributed by atoms with van der Waals surface area (Å²) in [4.78, 5) is 46.6. The van der Waals surface area contributed by atoms with Crippen molar-refractivity contribution < 1.29 is 9.59 Å². The van der Waals surface area contributed by atoms with Crippen LogP contribution in [0.5, 0.6) is 0 Å². The number of imidazole rings is 1. The van der Waals surface area contributed by atoms with Gasteiger partial charge in [-0.1, -0.05) is 30.3 Å². The third kappa shape index (κ3) is 7.74. The molecule has 0 atom stereocenters. The van der Waals surface area contributed by atoms with E-state index in [0.29, 0.717) is 30.2 Å². The molecular formula is C26H36N8O3. The molecule has 37 heavy (non-hydrogen) atoms. The van der Waals surface area contributed by atoms with Gasteiger partial charge in [0.15, 0.2) is 5.82 Å². The Morgan fingerprint density at radius 3 is 2.49 bits per heavy atom. The summed E-state index contributed by atoms with van der Waals surface area (Å²) in [6.45, 7) is 8.15. The lowest BCUT2D eigenvalue weighted by molar-refractivity contribution is -0.123. The molecule has 198 valence electrons. The van der Waals surface area contributed by atoms with Crippen LogP contribution in [0.2, 0.25) is 0 Å². The Bertz CT molecular complexity index is 1280. The van der Waals surface area contributed by atoms with Gasteiger partial charge in [-0.3, -0.25) is 19.0 Å². The van der Waals surface area contributed by atoms with Gasteiger partial charge in [-0.25, -0.2) is 9.97 Å². The van der Waals surface area contributed by atoms with Gasteiger partial charge >= 0.3 is 0 Å². The Labute approximate surface area is 216 Å². The van der Waals surface area contributed by atoms with E-state index in [0.717, 1.165) is 12.0 Å². The number of rotatable bonds is 12. The number of hydrogen-bond acceptors (Lipinski definition) is 7. The summed E-state index contributed by atoms with van der Waals surface area (Å²) in [6.07, 6.45) is 3.88. The van der Waals surface area contributed by atoms with Crippen LogP contribution in [-0.2, 0) is 35.6 Å². The van der Waals surface area contributed by atoms with Crippen LogP contribution in [0.4, 0.5) is 5.82 Å². The van der Waals surface area contributed by atoms with Gasteiger partial charge in [0.2, 0.25) is 11.8 Å². The topological polar surface area (TPSA) is 149 Å². The second-order valence-electron chi connectivity index (χ2n) is 9.62. The number of aryl methyl sites for hydroxylation is 2. The molecule has 11 nitrogen and oxygen atoms in total. The first-order valence-corrected chi connectivity index (χ1v) is 12.2. The zero-order valence-corrected chi connectivity index (χ0v) is 21.9. The van der Waals surface area contributed by atoms with E-state index in [4.69, 9.17) is 5.73 Å². The number of benzene rings is 1. The van der Waals surface area contributed by atoms with E-state index in [9.17, 15) is 14.4 Å². The van der Waals surface area contributed by atoms with Gasteiger partial charge in [0.05, 0.1) is 24.3 Å². The quantitative estimate of drug-likeness (QED) is 0.284. The van der Waals surface area contributed by atoms with Crippen LogP contribution in [0.15, 0.2) is 47.7 Å². The first-order valence-electron chi connectivity index (χ1n) is 12.2. The molecule has 0 saturated carbocycles. The first kappa shape index (κ1) is 27.6. The van der Waals surface area contributed by atoms with Crippen molar-refractivity contribution in [2.24, 2.45) is 5.73 Å². The molecule has 0 aliphatic carbocycles. The van der Waals surface area contributed by atoms with Gasteiger partial charge in [0.25, 0.3) is 5.56 Å². The molecule has 3 rings (SSSR count). The number of nitrogens with zero attached hydrogens (tertiary/aromatic N) is 4. The van der Waals surface area contributed by atoms with E-state index in [-0.39, 0.29) is 42.8 Å². The van der Waals surface area contributed by atoms with Crippen molar-refractivity contribution in [3.05, 3.63) is 75.9 Å². The molecule has 2 amide bonds. The van der Waals surface area contributed by atoms with Gasteiger partial charge in [0, 0.05) is 30.5 Å². The van der Waals surface area contributed by atoms with Crippen molar-refractivity contribution in [1.29, 1.82) is 0 Å². The lowest BCUT2D eigenvalue weighted by atomic mass is 10.1. The molecule has 2 heterocycles. The Hall–Kier alpha value is -3.99. The standard InChI is InChI=1S/C26H36N8O3/c1-18-12-30-24(28-11-10-20-8-6-5-7-9-20)25(37)34(18)15-22(35)29-13-21-19(2)31-17-33(21)14-23(36)32-26(3,4)16-27/h5-9,12,17H,10-11,13-16,27H2,1-4H3,(H,28,30)(H,29,35)(H,32,36). The van der Waals surface area contributed by atoms with E-state index < -0.39 is 5.54 Å². The smallest absolute Gasteiger partial charge is 0.293 e. The second kappa shape index (κ2) is 12.3. The summed E-state index contributed by atoms with van der Waals surface area (Å²) in [5.74, 6) is -0.339. The normalized spacial score (nSPS) is 11.3. The molecular weight excluding hydrogens is 472 g/mol. The van der Waals surface area contributed by atoms with Crippen LogP contribution >= 0.6 is 0 Å². The molecule has 0 aliphatic rings. The monoisotopic (exact) mass is 508 g/mol. The van der Waals surface area contributed by atoms with Gasteiger partial charge in [-0.15, -0.1) is 0 Å². The van der Waals surface area contributed by atoms with Gasteiger partial charge in [-0.05, 0) is 39.7 Å². The van der Waals surface area contributed by atoms with Crippen LogP contribution in [0.25, 0.3) is 0 Å². The predicted molar refractivity (Wildman–Crippen MR) is 142 cm³/mol. The van der Waals surface area contributed by atoms with Crippen molar-refractivity contribution in [1.82, 2.24) is 29.7 Å². The van der Waals surface area contributed by atoms with Crippen LogP contribution in [0.3, 0.4) is 0 Å². The van der Waals surface area contributed by atoms with Crippen molar-refractivity contribution in [3.8, 4) is 0 Å². The third-order valence-corrected chi connectivity index (χ3v) is 6.01. The minimum absolute atomic E-state index is 0.0520. The van der Waals surface area contributed by atoms with E-state index in [1.165, 1.54) is 4.57 Å². The van der Waals surface area contributed by atoms with E-state index in [2.05, 4.69) is 25.9 Å². The van der Waals surface area contributed by atoms with Gasteiger partial charge < -0.3 is 26.3 Å². The lowest BCUT2D eigenvalue weighted by Gasteiger charge is -2.24. The highest BCUT2D eigenvalue weighted by Crippen LogP contribution is 2.08. The number of hydrogen-bond donors (Lipinski definition) is 4. The van der Waals surface area contributed by atoms with Crippen molar-refractivity contribution in [3.63, 3.8) is 0 Å². The van der Waals surface area contributed by atoms with Crippen molar-refractivity contribution in [2.75, 3.05) is 18.4 Å². The lowest BCUT2D eigenvalue weighted by Crippen LogP contribution is -2.49. The molecule has 11 heteroatoms. The second-order valence-corrected chi connectivity index (χ2v) is 9.62. The largest absolute Gasteiger partial charge is 0.365 e. The Kier molecular flexibility index (Phi) is 9.18. The number of amides is 2. The zero-order chi connectivity index (χ0) is 27.0.